The molecule has 3 N–H and O–H groups in total. The Kier molecular flexibility index (Phi) is 3.32. The van der Waals surface area contributed by atoms with Crippen LogP contribution in [-0.4, -0.2) is 16.3 Å². The van der Waals surface area contributed by atoms with E-state index in [1.807, 2.05) is 11.4 Å². The topological polar surface area (TPSA) is 63.8 Å². The van der Waals surface area contributed by atoms with Crippen molar-refractivity contribution in [1.82, 2.24) is 9.78 Å². The zero-order valence-electron chi connectivity index (χ0n) is 8.79. The van der Waals surface area contributed by atoms with Crippen LogP contribution in [0.25, 0.3) is 10.6 Å². The standard InChI is InChI=1S/C10H12BrN3OS/c1-14-10(15)7(2-3-12)9(13-14)8-4-6(11)5-16-8/h4-5,13H,2-3,12H2,1H3. The molecule has 0 saturated heterocycles. The molecule has 0 aliphatic rings. The van der Waals surface area contributed by atoms with Crippen LogP contribution in [0.1, 0.15) is 5.56 Å². The van der Waals surface area contributed by atoms with Crippen molar-refractivity contribution in [3.63, 3.8) is 0 Å². The van der Waals surface area contributed by atoms with E-state index < -0.39 is 0 Å². The minimum atomic E-state index is 0.00460. The third-order valence-electron chi connectivity index (χ3n) is 2.35. The van der Waals surface area contributed by atoms with Crippen molar-refractivity contribution >= 4 is 27.3 Å². The molecular formula is C10H12BrN3OS. The number of rotatable bonds is 3. The number of nitrogens with zero attached hydrogens (tertiary/aromatic N) is 1. The van der Waals surface area contributed by atoms with Gasteiger partial charge in [0.25, 0.3) is 5.56 Å². The second-order valence-electron chi connectivity index (χ2n) is 3.50. The molecule has 0 amide bonds. The first kappa shape index (κ1) is 11.6. The van der Waals surface area contributed by atoms with E-state index in [0.717, 1.165) is 20.6 Å². The van der Waals surface area contributed by atoms with Crippen molar-refractivity contribution < 1.29 is 0 Å². The molecule has 0 saturated carbocycles. The fourth-order valence-electron chi connectivity index (χ4n) is 1.62. The average molecular weight is 302 g/mol. The number of H-pyrrole nitrogens is 1. The molecule has 0 atom stereocenters. The highest BCUT2D eigenvalue weighted by Crippen LogP contribution is 2.29. The van der Waals surface area contributed by atoms with E-state index in [9.17, 15) is 4.79 Å². The fraction of sp³-hybridized carbons (Fsp3) is 0.300. The predicted octanol–water partition coefficient (Wildman–Crippen LogP) is 1.71. The molecule has 0 unspecified atom stereocenters. The number of aromatic amines is 1. The van der Waals surface area contributed by atoms with E-state index in [2.05, 4.69) is 21.0 Å². The van der Waals surface area contributed by atoms with Crippen LogP contribution in [-0.2, 0) is 13.5 Å². The number of hydrogen-bond acceptors (Lipinski definition) is 3. The summed E-state index contributed by atoms with van der Waals surface area (Å²) >= 11 is 5.00. The van der Waals surface area contributed by atoms with Crippen molar-refractivity contribution in [1.29, 1.82) is 0 Å². The van der Waals surface area contributed by atoms with Gasteiger partial charge in [-0.15, -0.1) is 11.3 Å². The van der Waals surface area contributed by atoms with Gasteiger partial charge in [-0.2, -0.15) is 0 Å². The molecule has 0 aromatic carbocycles. The van der Waals surface area contributed by atoms with Gasteiger partial charge in [-0.1, -0.05) is 0 Å². The summed E-state index contributed by atoms with van der Waals surface area (Å²) in [5, 5.41) is 5.06. The number of hydrogen-bond donors (Lipinski definition) is 2. The number of nitrogens with one attached hydrogen (secondary N) is 1. The van der Waals surface area contributed by atoms with Gasteiger partial charge in [-0.05, 0) is 35.0 Å². The Labute approximate surface area is 105 Å². The van der Waals surface area contributed by atoms with Crippen LogP contribution >= 0.6 is 27.3 Å². The zero-order chi connectivity index (χ0) is 11.7. The summed E-state index contributed by atoms with van der Waals surface area (Å²) < 4.78 is 2.52. The van der Waals surface area contributed by atoms with Crippen LogP contribution in [0, 0.1) is 0 Å². The van der Waals surface area contributed by atoms with Crippen LogP contribution in [0.2, 0.25) is 0 Å². The van der Waals surface area contributed by atoms with Gasteiger partial charge >= 0.3 is 0 Å². The van der Waals surface area contributed by atoms with Crippen LogP contribution in [0.15, 0.2) is 20.7 Å². The lowest BCUT2D eigenvalue weighted by Gasteiger charge is -1.96. The predicted molar refractivity (Wildman–Crippen MR) is 69.8 cm³/mol. The Bertz CT molecular complexity index is 555. The van der Waals surface area contributed by atoms with Crippen molar-refractivity contribution in [2.45, 2.75) is 6.42 Å². The number of aromatic nitrogens is 2. The lowest BCUT2D eigenvalue weighted by atomic mass is 10.1. The van der Waals surface area contributed by atoms with Gasteiger partial charge < -0.3 is 5.73 Å². The van der Waals surface area contributed by atoms with Crippen LogP contribution < -0.4 is 11.3 Å². The molecule has 86 valence electrons. The highest BCUT2D eigenvalue weighted by atomic mass is 79.9. The summed E-state index contributed by atoms with van der Waals surface area (Å²) in [7, 11) is 1.72. The number of nitrogens with two attached hydrogens (primary N) is 1. The molecule has 2 aromatic rings. The molecule has 2 rings (SSSR count). The Morgan fingerprint density at radius 2 is 2.38 bits per heavy atom. The third-order valence-corrected chi connectivity index (χ3v) is 4.06. The highest BCUT2D eigenvalue weighted by molar-refractivity contribution is 9.10. The first-order chi connectivity index (χ1) is 7.63. The fourth-order valence-corrected chi connectivity index (χ4v) is 3.07. The molecule has 0 spiro atoms. The molecule has 0 aliphatic carbocycles. The lowest BCUT2D eigenvalue weighted by molar-refractivity contribution is 0.739. The maximum Gasteiger partial charge on any atom is 0.270 e. The van der Waals surface area contributed by atoms with Crippen molar-refractivity contribution in [3.05, 3.63) is 31.8 Å². The summed E-state index contributed by atoms with van der Waals surface area (Å²) in [6.45, 7) is 0.479. The first-order valence-corrected chi connectivity index (χ1v) is 6.53. The molecule has 16 heavy (non-hydrogen) atoms. The summed E-state index contributed by atoms with van der Waals surface area (Å²) in [5.74, 6) is 0. The minimum Gasteiger partial charge on any atom is -0.330 e. The number of aryl methyl sites for hydroxylation is 1. The third kappa shape index (κ3) is 2.00. The second kappa shape index (κ2) is 4.57. The first-order valence-electron chi connectivity index (χ1n) is 4.86. The molecule has 0 radical (unpaired) electrons. The summed E-state index contributed by atoms with van der Waals surface area (Å²) in [5.41, 5.74) is 7.17. The van der Waals surface area contributed by atoms with E-state index >= 15 is 0 Å². The lowest BCUT2D eigenvalue weighted by Crippen LogP contribution is -2.17. The molecule has 0 fully saturated rings. The Morgan fingerprint density at radius 1 is 1.62 bits per heavy atom. The maximum atomic E-state index is 11.8. The Balaban J connectivity index is 2.56. The van der Waals surface area contributed by atoms with E-state index in [0.29, 0.717) is 13.0 Å². The molecular weight excluding hydrogens is 290 g/mol. The smallest absolute Gasteiger partial charge is 0.270 e. The van der Waals surface area contributed by atoms with E-state index in [1.54, 1.807) is 18.4 Å². The Hall–Kier alpha value is -0.850. The largest absolute Gasteiger partial charge is 0.330 e. The van der Waals surface area contributed by atoms with Gasteiger partial charge in [-0.25, -0.2) is 0 Å². The van der Waals surface area contributed by atoms with E-state index in [-0.39, 0.29) is 5.56 Å². The van der Waals surface area contributed by atoms with Gasteiger partial charge in [0, 0.05) is 22.5 Å². The van der Waals surface area contributed by atoms with Gasteiger partial charge in [-0.3, -0.25) is 14.6 Å². The average Bonchev–Trinajstić information content (AvgIpc) is 2.78. The molecule has 2 heterocycles. The van der Waals surface area contributed by atoms with Crippen molar-refractivity contribution in [2.24, 2.45) is 12.8 Å². The zero-order valence-corrected chi connectivity index (χ0v) is 11.2. The highest BCUT2D eigenvalue weighted by Gasteiger charge is 2.14. The van der Waals surface area contributed by atoms with Crippen LogP contribution in [0.4, 0.5) is 0 Å². The van der Waals surface area contributed by atoms with Crippen LogP contribution in [0.5, 0.6) is 0 Å². The van der Waals surface area contributed by atoms with Crippen molar-refractivity contribution in [2.75, 3.05) is 6.54 Å². The summed E-state index contributed by atoms with van der Waals surface area (Å²) in [6, 6.07) is 2.00. The molecule has 0 bridgehead atoms. The second-order valence-corrected chi connectivity index (χ2v) is 5.32. The normalized spacial score (nSPS) is 10.9. The van der Waals surface area contributed by atoms with Crippen molar-refractivity contribution in [3.8, 4) is 10.6 Å². The molecule has 6 heteroatoms. The van der Waals surface area contributed by atoms with E-state index in [4.69, 9.17) is 5.73 Å². The van der Waals surface area contributed by atoms with Gasteiger partial charge in [0.2, 0.25) is 0 Å². The molecule has 0 aliphatic heterocycles. The monoisotopic (exact) mass is 301 g/mol. The minimum absolute atomic E-state index is 0.00460. The summed E-state index contributed by atoms with van der Waals surface area (Å²) in [4.78, 5) is 12.9. The van der Waals surface area contributed by atoms with Crippen LogP contribution in [0.3, 0.4) is 0 Å². The SMILES string of the molecule is Cn1[nH]c(-c2cc(Br)cs2)c(CCN)c1=O. The van der Waals surface area contributed by atoms with E-state index in [1.165, 1.54) is 4.68 Å². The quantitative estimate of drug-likeness (QED) is 0.906. The summed E-state index contributed by atoms with van der Waals surface area (Å²) in [6.07, 6.45) is 0.598. The van der Waals surface area contributed by atoms with Gasteiger partial charge in [0.05, 0.1) is 10.6 Å². The number of thiophene rings is 1. The molecule has 4 nitrogen and oxygen atoms in total. The maximum absolute atomic E-state index is 11.8. The molecule has 2 aromatic heterocycles. The van der Waals surface area contributed by atoms with Gasteiger partial charge in [0.15, 0.2) is 0 Å². The van der Waals surface area contributed by atoms with Gasteiger partial charge in [0.1, 0.15) is 0 Å². The number of halogens is 1. The Morgan fingerprint density at radius 3 is 2.94 bits per heavy atom.